The highest BCUT2D eigenvalue weighted by molar-refractivity contribution is 4.65. The topological polar surface area (TPSA) is 21.3 Å². The third-order valence-corrected chi connectivity index (χ3v) is 2.29. The molecule has 0 aromatic carbocycles. The minimum Gasteiger partial charge on any atom is -0.365 e. The summed E-state index contributed by atoms with van der Waals surface area (Å²) in [5.74, 6) is 0. The average molecular weight is 241 g/mol. The first-order valence-electron chi connectivity index (χ1n) is 5.80. The van der Waals surface area contributed by atoms with Gasteiger partial charge in [0, 0.05) is 6.54 Å². The molecule has 5 heteroatoms. The lowest BCUT2D eigenvalue weighted by atomic mass is 10.2. The Bertz CT molecular complexity index is 173. The molecular formula is C11H22F3NO. The van der Waals surface area contributed by atoms with Crippen molar-refractivity contribution >= 4 is 0 Å². The third-order valence-electron chi connectivity index (χ3n) is 2.29. The van der Waals surface area contributed by atoms with Crippen LogP contribution in [0.4, 0.5) is 13.2 Å². The lowest BCUT2D eigenvalue weighted by molar-refractivity contribution is -0.224. The van der Waals surface area contributed by atoms with Crippen LogP contribution < -0.4 is 5.32 Å². The van der Waals surface area contributed by atoms with E-state index in [-0.39, 0.29) is 0 Å². The van der Waals surface area contributed by atoms with Gasteiger partial charge in [0.05, 0.1) is 6.10 Å². The molecule has 2 atom stereocenters. The van der Waals surface area contributed by atoms with Crippen molar-refractivity contribution in [2.24, 2.45) is 0 Å². The average Bonchev–Trinajstić information content (AvgIpc) is 2.16. The zero-order valence-corrected chi connectivity index (χ0v) is 10.2. The molecule has 0 amide bonds. The molecule has 0 aliphatic carbocycles. The zero-order valence-electron chi connectivity index (χ0n) is 10.2. The van der Waals surface area contributed by atoms with Crippen LogP contribution in [0.2, 0.25) is 0 Å². The standard InChI is InChI=1S/C11H22F3NO/c1-4-5-6-7-15-8-9(2)16-10(3)11(12,13)14/h9-10,15H,4-8H2,1-3H3. The fourth-order valence-corrected chi connectivity index (χ4v) is 1.28. The molecule has 0 aliphatic rings. The molecule has 98 valence electrons. The Balaban J connectivity index is 3.55. The molecule has 2 unspecified atom stereocenters. The summed E-state index contributed by atoms with van der Waals surface area (Å²) in [5.41, 5.74) is 0. The molecule has 0 saturated heterocycles. The highest BCUT2D eigenvalue weighted by Gasteiger charge is 2.37. The summed E-state index contributed by atoms with van der Waals surface area (Å²) in [6.07, 6.45) is -3.05. The fraction of sp³-hybridized carbons (Fsp3) is 1.00. The van der Waals surface area contributed by atoms with Crippen molar-refractivity contribution in [1.82, 2.24) is 5.32 Å². The first kappa shape index (κ1) is 15.7. The van der Waals surface area contributed by atoms with Gasteiger partial charge in [-0.2, -0.15) is 13.2 Å². The van der Waals surface area contributed by atoms with E-state index >= 15 is 0 Å². The molecule has 1 N–H and O–H groups in total. The Hall–Kier alpha value is -0.290. The molecular weight excluding hydrogens is 219 g/mol. The number of halogens is 3. The normalized spacial score (nSPS) is 16.1. The second-order valence-corrected chi connectivity index (χ2v) is 4.04. The SMILES string of the molecule is CCCCCNCC(C)OC(C)C(F)(F)F. The number of nitrogens with one attached hydrogen (secondary N) is 1. The number of rotatable bonds is 8. The summed E-state index contributed by atoms with van der Waals surface area (Å²) in [5, 5.41) is 3.08. The van der Waals surface area contributed by atoms with Crippen molar-refractivity contribution in [1.29, 1.82) is 0 Å². The minimum atomic E-state index is -4.27. The van der Waals surface area contributed by atoms with Gasteiger partial charge in [-0.3, -0.25) is 0 Å². The van der Waals surface area contributed by atoms with Crippen LogP contribution in [0.25, 0.3) is 0 Å². The van der Waals surface area contributed by atoms with E-state index < -0.39 is 18.4 Å². The maximum Gasteiger partial charge on any atom is 0.414 e. The van der Waals surface area contributed by atoms with Gasteiger partial charge >= 0.3 is 6.18 Å². The Morgan fingerprint density at radius 3 is 2.31 bits per heavy atom. The van der Waals surface area contributed by atoms with Gasteiger partial charge in [0.1, 0.15) is 0 Å². The van der Waals surface area contributed by atoms with Crippen LogP contribution in [0.5, 0.6) is 0 Å². The van der Waals surface area contributed by atoms with Crippen LogP contribution in [0.1, 0.15) is 40.0 Å². The zero-order chi connectivity index (χ0) is 12.6. The maximum absolute atomic E-state index is 12.2. The Morgan fingerprint density at radius 1 is 1.19 bits per heavy atom. The molecule has 0 spiro atoms. The van der Waals surface area contributed by atoms with E-state index in [1.54, 1.807) is 6.92 Å². The van der Waals surface area contributed by atoms with Crippen LogP contribution in [0.3, 0.4) is 0 Å². The molecule has 0 bridgehead atoms. The summed E-state index contributed by atoms with van der Waals surface area (Å²) in [7, 11) is 0. The number of hydrogen-bond donors (Lipinski definition) is 1. The summed E-state index contributed by atoms with van der Waals surface area (Å²) in [6.45, 7) is 6.09. The van der Waals surface area contributed by atoms with Gasteiger partial charge in [0.25, 0.3) is 0 Å². The first-order valence-corrected chi connectivity index (χ1v) is 5.80. The highest BCUT2D eigenvalue weighted by Crippen LogP contribution is 2.23. The Morgan fingerprint density at radius 2 is 1.81 bits per heavy atom. The van der Waals surface area contributed by atoms with Gasteiger partial charge in [0.2, 0.25) is 0 Å². The number of ether oxygens (including phenoxy) is 1. The summed E-state index contributed by atoms with van der Waals surface area (Å²) < 4.78 is 41.3. The Labute approximate surface area is 95.5 Å². The van der Waals surface area contributed by atoms with E-state index in [2.05, 4.69) is 12.2 Å². The van der Waals surface area contributed by atoms with Gasteiger partial charge in [-0.05, 0) is 26.8 Å². The lowest BCUT2D eigenvalue weighted by Crippen LogP contribution is -2.36. The van der Waals surface area contributed by atoms with E-state index in [4.69, 9.17) is 4.74 Å². The summed E-state index contributed by atoms with van der Waals surface area (Å²) >= 11 is 0. The molecule has 0 aliphatic heterocycles. The van der Waals surface area contributed by atoms with E-state index in [0.29, 0.717) is 6.54 Å². The second-order valence-electron chi connectivity index (χ2n) is 4.04. The van der Waals surface area contributed by atoms with Crippen molar-refractivity contribution in [2.75, 3.05) is 13.1 Å². The van der Waals surface area contributed by atoms with Crippen molar-refractivity contribution in [3.05, 3.63) is 0 Å². The van der Waals surface area contributed by atoms with Gasteiger partial charge in [0.15, 0.2) is 6.10 Å². The predicted molar refractivity (Wildman–Crippen MR) is 58.5 cm³/mol. The second kappa shape index (κ2) is 7.90. The summed E-state index contributed by atoms with van der Waals surface area (Å²) in [4.78, 5) is 0. The molecule has 0 radical (unpaired) electrons. The van der Waals surface area contributed by atoms with Crippen LogP contribution in [-0.2, 0) is 4.74 Å². The molecule has 0 aromatic rings. The monoisotopic (exact) mass is 241 g/mol. The largest absolute Gasteiger partial charge is 0.414 e. The molecule has 2 nitrogen and oxygen atoms in total. The third kappa shape index (κ3) is 7.93. The van der Waals surface area contributed by atoms with Gasteiger partial charge < -0.3 is 10.1 Å². The number of hydrogen-bond acceptors (Lipinski definition) is 2. The maximum atomic E-state index is 12.2. The molecule has 0 saturated carbocycles. The van der Waals surface area contributed by atoms with Gasteiger partial charge in [-0.15, -0.1) is 0 Å². The fourth-order valence-electron chi connectivity index (χ4n) is 1.28. The smallest absolute Gasteiger partial charge is 0.365 e. The number of unbranched alkanes of at least 4 members (excludes halogenated alkanes) is 2. The predicted octanol–water partition coefficient (Wildman–Crippen LogP) is 3.12. The van der Waals surface area contributed by atoms with E-state index in [9.17, 15) is 13.2 Å². The molecule has 0 aromatic heterocycles. The van der Waals surface area contributed by atoms with Crippen LogP contribution in [0, 0.1) is 0 Å². The minimum absolute atomic E-state index is 0.418. The highest BCUT2D eigenvalue weighted by atomic mass is 19.4. The first-order chi connectivity index (χ1) is 7.38. The van der Waals surface area contributed by atoms with E-state index in [1.807, 2.05) is 0 Å². The number of alkyl halides is 3. The molecule has 16 heavy (non-hydrogen) atoms. The van der Waals surface area contributed by atoms with Crippen LogP contribution >= 0.6 is 0 Å². The van der Waals surface area contributed by atoms with Crippen molar-refractivity contribution < 1.29 is 17.9 Å². The lowest BCUT2D eigenvalue weighted by Gasteiger charge is -2.21. The molecule has 0 fully saturated rings. The van der Waals surface area contributed by atoms with Gasteiger partial charge in [-0.1, -0.05) is 19.8 Å². The quantitative estimate of drug-likeness (QED) is 0.659. The molecule has 0 heterocycles. The molecule has 0 rings (SSSR count). The van der Waals surface area contributed by atoms with Crippen LogP contribution in [-0.4, -0.2) is 31.5 Å². The van der Waals surface area contributed by atoms with Gasteiger partial charge in [-0.25, -0.2) is 0 Å². The van der Waals surface area contributed by atoms with Crippen molar-refractivity contribution in [2.45, 2.75) is 58.4 Å². The summed E-state index contributed by atoms with van der Waals surface area (Å²) in [6, 6.07) is 0. The van der Waals surface area contributed by atoms with Crippen molar-refractivity contribution in [3.63, 3.8) is 0 Å². The van der Waals surface area contributed by atoms with Crippen LogP contribution in [0.15, 0.2) is 0 Å². The van der Waals surface area contributed by atoms with E-state index in [1.165, 1.54) is 0 Å². The van der Waals surface area contributed by atoms with Crippen molar-refractivity contribution in [3.8, 4) is 0 Å². The Kier molecular flexibility index (Phi) is 7.76. The van der Waals surface area contributed by atoms with E-state index in [0.717, 1.165) is 32.7 Å².